The predicted molar refractivity (Wildman–Crippen MR) is 68.5 cm³/mol. The fourth-order valence-electron chi connectivity index (χ4n) is 2.47. The van der Waals surface area contributed by atoms with Gasteiger partial charge in [-0.25, -0.2) is 4.79 Å². The van der Waals surface area contributed by atoms with Gasteiger partial charge in [0.2, 0.25) is 0 Å². The first-order valence-electron chi connectivity index (χ1n) is 6.04. The number of carbonyl (C=O) groups is 1. The van der Waals surface area contributed by atoms with Crippen molar-refractivity contribution in [3.05, 3.63) is 21.2 Å². The van der Waals surface area contributed by atoms with Gasteiger partial charge >= 0.3 is 5.97 Å². The number of esters is 1. The zero-order chi connectivity index (χ0) is 12.7. The van der Waals surface area contributed by atoms with Crippen molar-refractivity contribution in [3.63, 3.8) is 0 Å². The topological polar surface area (TPSA) is 44.8 Å². The highest BCUT2D eigenvalue weighted by atomic mass is 79.9. The molecule has 18 heavy (non-hydrogen) atoms. The van der Waals surface area contributed by atoms with E-state index in [1.54, 1.807) is 6.92 Å². The Morgan fingerprint density at radius 1 is 1.22 bits per heavy atom. The zero-order valence-corrected chi connectivity index (χ0v) is 11.6. The second kappa shape index (κ2) is 4.46. The molecule has 0 amide bonds. The van der Waals surface area contributed by atoms with Crippen molar-refractivity contribution in [2.45, 2.75) is 19.8 Å². The van der Waals surface area contributed by atoms with Gasteiger partial charge in [0.15, 0.2) is 0 Å². The molecule has 0 aromatic heterocycles. The number of halogens is 1. The molecule has 0 unspecified atom stereocenters. The van der Waals surface area contributed by atoms with E-state index >= 15 is 0 Å². The van der Waals surface area contributed by atoms with Crippen LogP contribution in [0.5, 0.6) is 11.5 Å². The molecule has 2 aliphatic rings. The Morgan fingerprint density at radius 3 is 2.61 bits per heavy atom. The number of ether oxygens (including phenoxy) is 3. The molecule has 0 fully saturated rings. The van der Waals surface area contributed by atoms with Crippen LogP contribution >= 0.6 is 15.9 Å². The van der Waals surface area contributed by atoms with Gasteiger partial charge in [0.05, 0.1) is 24.3 Å². The number of fused-ring (bicyclic) bond motifs is 2. The molecule has 0 radical (unpaired) electrons. The highest BCUT2D eigenvalue weighted by Crippen LogP contribution is 2.47. The van der Waals surface area contributed by atoms with Crippen molar-refractivity contribution in [1.29, 1.82) is 0 Å². The van der Waals surface area contributed by atoms with E-state index in [0.29, 0.717) is 31.1 Å². The van der Waals surface area contributed by atoms with E-state index in [-0.39, 0.29) is 5.97 Å². The molecule has 96 valence electrons. The summed E-state index contributed by atoms with van der Waals surface area (Å²) in [5, 5.41) is 0. The van der Waals surface area contributed by atoms with Crippen LogP contribution in [0.4, 0.5) is 0 Å². The van der Waals surface area contributed by atoms with Crippen molar-refractivity contribution < 1.29 is 19.0 Å². The van der Waals surface area contributed by atoms with Crippen LogP contribution in [0.2, 0.25) is 0 Å². The lowest BCUT2D eigenvalue weighted by Gasteiger charge is -2.13. The molecule has 0 aliphatic carbocycles. The Kier molecular flexibility index (Phi) is 2.93. The second-order valence-corrected chi connectivity index (χ2v) is 5.01. The summed E-state index contributed by atoms with van der Waals surface area (Å²) in [5.41, 5.74) is 2.47. The lowest BCUT2D eigenvalue weighted by Crippen LogP contribution is -2.09. The summed E-state index contributed by atoms with van der Waals surface area (Å²) in [6.07, 6.45) is 1.51. The average Bonchev–Trinajstić information content (AvgIpc) is 2.97. The summed E-state index contributed by atoms with van der Waals surface area (Å²) < 4.78 is 17.3. The predicted octanol–water partition coefficient (Wildman–Crippen LogP) is 2.50. The number of hydrogen-bond acceptors (Lipinski definition) is 4. The number of hydrogen-bond donors (Lipinski definition) is 0. The van der Waals surface area contributed by atoms with Gasteiger partial charge in [-0.1, -0.05) is 0 Å². The molecule has 0 N–H and O–H groups in total. The van der Waals surface area contributed by atoms with Crippen LogP contribution in [0.25, 0.3) is 0 Å². The molecule has 2 aliphatic heterocycles. The minimum absolute atomic E-state index is 0.315. The SMILES string of the molecule is CCOC(=O)c1c2c(c(Br)c3c1OCC3)OCC2. The van der Waals surface area contributed by atoms with Crippen LogP contribution < -0.4 is 9.47 Å². The molecular formula is C13H13BrO4. The quantitative estimate of drug-likeness (QED) is 0.787. The summed E-state index contributed by atoms with van der Waals surface area (Å²) in [4.78, 5) is 12.1. The van der Waals surface area contributed by atoms with Crippen LogP contribution in [0.1, 0.15) is 28.4 Å². The van der Waals surface area contributed by atoms with Gasteiger partial charge < -0.3 is 14.2 Å². The number of benzene rings is 1. The van der Waals surface area contributed by atoms with Crippen LogP contribution in [0.3, 0.4) is 0 Å². The van der Waals surface area contributed by atoms with E-state index in [1.807, 2.05) is 0 Å². The number of rotatable bonds is 2. The first kappa shape index (κ1) is 11.8. The normalized spacial score (nSPS) is 15.7. The smallest absolute Gasteiger partial charge is 0.342 e. The van der Waals surface area contributed by atoms with Crippen LogP contribution in [-0.4, -0.2) is 25.8 Å². The Balaban J connectivity index is 2.21. The van der Waals surface area contributed by atoms with Gasteiger partial charge in [-0.05, 0) is 22.9 Å². The second-order valence-electron chi connectivity index (χ2n) is 4.22. The first-order valence-corrected chi connectivity index (χ1v) is 6.83. The first-order chi connectivity index (χ1) is 8.74. The Bertz CT molecular complexity index is 489. The van der Waals surface area contributed by atoms with Gasteiger partial charge in [-0.15, -0.1) is 0 Å². The highest BCUT2D eigenvalue weighted by Gasteiger charge is 2.34. The maximum absolute atomic E-state index is 12.1. The third-order valence-electron chi connectivity index (χ3n) is 3.22. The fraction of sp³-hybridized carbons (Fsp3) is 0.462. The van der Waals surface area contributed by atoms with E-state index < -0.39 is 0 Å². The van der Waals surface area contributed by atoms with Gasteiger partial charge in [-0.3, -0.25) is 0 Å². The number of carbonyl (C=O) groups excluding carboxylic acids is 1. The molecule has 1 aromatic rings. The molecule has 0 saturated heterocycles. The lowest BCUT2D eigenvalue weighted by molar-refractivity contribution is 0.0521. The molecule has 0 spiro atoms. The molecule has 0 bridgehead atoms. The van der Waals surface area contributed by atoms with E-state index in [9.17, 15) is 4.79 Å². The zero-order valence-electron chi connectivity index (χ0n) is 10.0. The Hall–Kier alpha value is -1.23. The van der Waals surface area contributed by atoms with Gasteiger partial charge in [0, 0.05) is 24.0 Å². The molecule has 3 rings (SSSR count). The molecule has 2 heterocycles. The third-order valence-corrected chi connectivity index (χ3v) is 4.06. The molecule has 0 atom stereocenters. The molecule has 5 heteroatoms. The minimum atomic E-state index is -0.315. The maximum Gasteiger partial charge on any atom is 0.342 e. The van der Waals surface area contributed by atoms with E-state index in [4.69, 9.17) is 14.2 Å². The van der Waals surface area contributed by atoms with E-state index in [1.165, 1.54) is 0 Å². The lowest BCUT2D eigenvalue weighted by atomic mass is 9.99. The van der Waals surface area contributed by atoms with Gasteiger partial charge in [0.25, 0.3) is 0 Å². The molecule has 1 aromatic carbocycles. The van der Waals surface area contributed by atoms with E-state index in [0.717, 1.165) is 34.2 Å². The summed E-state index contributed by atoms with van der Waals surface area (Å²) >= 11 is 3.55. The molecule has 0 saturated carbocycles. The average molecular weight is 313 g/mol. The summed E-state index contributed by atoms with van der Waals surface area (Å²) in [6.45, 7) is 3.36. The van der Waals surface area contributed by atoms with Crippen molar-refractivity contribution in [2.24, 2.45) is 0 Å². The fourth-order valence-corrected chi connectivity index (χ4v) is 3.20. The summed E-state index contributed by atoms with van der Waals surface area (Å²) in [7, 11) is 0. The standard InChI is InChI=1S/C13H13BrO4/c1-2-16-13(15)9-7-3-5-18-12(7)10(14)8-4-6-17-11(8)9/h2-6H2,1H3. The van der Waals surface area contributed by atoms with Crippen molar-refractivity contribution in [1.82, 2.24) is 0 Å². The monoisotopic (exact) mass is 312 g/mol. The highest BCUT2D eigenvalue weighted by molar-refractivity contribution is 9.10. The minimum Gasteiger partial charge on any atom is -0.492 e. The summed E-state index contributed by atoms with van der Waals surface area (Å²) in [6, 6.07) is 0. The van der Waals surface area contributed by atoms with Crippen molar-refractivity contribution in [3.8, 4) is 11.5 Å². The molecular weight excluding hydrogens is 300 g/mol. The Morgan fingerprint density at radius 2 is 1.89 bits per heavy atom. The van der Waals surface area contributed by atoms with Crippen LogP contribution in [0, 0.1) is 0 Å². The third kappa shape index (κ3) is 1.61. The molecule has 4 nitrogen and oxygen atoms in total. The maximum atomic E-state index is 12.1. The van der Waals surface area contributed by atoms with E-state index in [2.05, 4.69) is 15.9 Å². The Labute approximate surface area is 113 Å². The van der Waals surface area contributed by atoms with Crippen LogP contribution in [-0.2, 0) is 17.6 Å². The van der Waals surface area contributed by atoms with Gasteiger partial charge in [-0.2, -0.15) is 0 Å². The van der Waals surface area contributed by atoms with Crippen molar-refractivity contribution in [2.75, 3.05) is 19.8 Å². The summed E-state index contributed by atoms with van der Waals surface area (Å²) in [5.74, 6) is 1.14. The van der Waals surface area contributed by atoms with Gasteiger partial charge in [0.1, 0.15) is 17.1 Å². The largest absolute Gasteiger partial charge is 0.492 e. The van der Waals surface area contributed by atoms with Crippen LogP contribution in [0.15, 0.2) is 4.47 Å². The van der Waals surface area contributed by atoms with Crippen molar-refractivity contribution >= 4 is 21.9 Å².